The van der Waals surface area contributed by atoms with E-state index in [-0.39, 0.29) is 29.7 Å². The zero-order chi connectivity index (χ0) is 20.4. The van der Waals surface area contributed by atoms with Crippen LogP contribution in [0.3, 0.4) is 0 Å². The third kappa shape index (κ3) is 3.98. The van der Waals surface area contributed by atoms with Crippen LogP contribution in [0.15, 0.2) is 71.6 Å². The molecule has 0 saturated heterocycles. The third-order valence-corrected chi connectivity index (χ3v) is 5.63. The number of hydrogen-bond acceptors (Lipinski definition) is 4. The minimum atomic E-state index is -0.296. The van der Waals surface area contributed by atoms with E-state index in [1.54, 1.807) is 54.6 Å². The van der Waals surface area contributed by atoms with Gasteiger partial charge in [0, 0.05) is 45.0 Å². The highest BCUT2D eigenvalue weighted by atomic mass is 32.2. The lowest BCUT2D eigenvalue weighted by atomic mass is 9.84. The number of carbonyl (C=O) groups excluding carboxylic acids is 3. The van der Waals surface area contributed by atoms with Gasteiger partial charge in [-0.2, -0.15) is 0 Å². The zero-order valence-corrected chi connectivity index (χ0v) is 16.1. The number of anilines is 1. The van der Waals surface area contributed by atoms with Crippen molar-refractivity contribution in [3.63, 3.8) is 0 Å². The molecule has 0 spiro atoms. The molecule has 3 aromatic rings. The molecule has 6 heteroatoms. The fourth-order valence-electron chi connectivity index (χ4n) is 3.19. The quantitative estimate of drug-likeness (QED) is 0.488. The zero-order valence-electron chi connectivity index (χ0n) is 15.3. The standard InChI is InChI=1S/C23H16FNO3S/c24-14-5-8-16(9-6-14)29-12-11-21(26)25-15-7-10-19-20(13-15)23(28)18-4-2-1-3-17(18)22(19)27/h1-10,13H,11-12H2,(H,25,26). The molecular weight excluding hydrogens is 389 g/mol. The second-order valence-electron chi connectivity index (χ2n) is 6.56. The third-order valence-electron chi connectivity index (χ3n) is 4.62. The maximum Gasteiger partial charge on any atom is 0.225 e. The number of fused-ring (bicyclic) bond motifs is 2. The Morgan fingerprint density at radius 2 is 1.45 bits per heavy atom. The minimum Gasteiger partial charge on any atom is -0.326 e. The van der Waals surface area contributed by atoms with Gasteiger partial charge in [0.2, 0.25) is 5.91 Å². The highest BCUT2D eigenvalue weighted by Gasteiger charge is 2.29. The van der Waals surface area contributed by atoms with E-state index in [4.69, 9.17) is 0 Å². The van der Waals surface area contributed by atoms with Gasteiger partial charge in [-0.05, 0) is 42.5 Å². The highest BCUT2D eigenvalue weighted by Crippen LogP contribution is 2.29. The van der Waals surface area contributed by atoms with Gasteiger partial charge in [0.25, 0.3) is 0 Å². The normalized spacial score (nSPS) is 12.3. The summed E-state index contributed by atoms with van der Waals surface area (Å²) in [4.78, 5) is 38.5. The number of benzene rings is 3. The van der Waals surface area contributed by atoms with Crippen molar-refractivity contribution in [1.82, 2.24) is 0 Å². The van der Waals surface area contributed by atoms with Crippen molar-refractivity contribution in [2.75, 3.05) is 11.1 Å². The largest absolute Gasteiger partial charge is 0.326 e. The molecule has 1 aliphatic rings. The summed E-state index contributed by atoms with van der Waals surface area (Å²) in [6, 6.07) is 17.6. The van der Waals surface area contributed by atoms with E-state index < -0.39 is 0 Å². The minimum absolute atomic E-state index is 0.191. The smallest absolute Gasteiger partial charge is 0.225 e. The van der Waals surface area contributed by atoms with E-state index in [9.17, 15) is 18.8 Å². The van der Waals surface area contributed by atoms with E-state index in [0.29, 0.717) is 33.7 Å². The van der Waals surface area contributed by atoms with E-state index in [1.165, 1.54) is 23.9 Å². The van der Waals surface area contributed by atoms with Gasteiger partial charge in [0.1, 0.15) is 5.82 Å². The van der Waals surface area contributed by atoms with Crippen molar-refractivity contribution >= 4 is 34.9 Å². The Balaban J connectivity index is 1.42. The number of halogens is 1. The lowest BCUT2D eigenvalue weighted by molar-refractivity contribution is -0.115. The highest BCUT2D eigenvalue weighted by molar-refractivity contribution is 7.99. The van der Waals surface area contributed by atoms with Gasteiger partial charge >= 0.3 is 0 Å². The summed E-state index contributed by atoms with van der Waals surface area (Å²) in [6.45, 7) is 0. The number of rotatable bonds is 5. The SMILES string of the molecule is O=C(CCSc1ccc(F)cc1)Nc1ccc2c(c1)C(=O)c1ccccc1C2=O. The Kier molecular flexibility index (Phi) is 5.27. The molecule has 0 fully saturated rings. The maximum atomic E-state index is 12.9. The summed E-state index contributed by atoms with van der Waals surface area (Å²) in [6.07, 6.45) is 0.259. The van der Waals surface area contributed by atoms with Crippen molar-refractivity contribution < 1.29 is 18.8 Å². The monoisotopic (exact) mass is 405 g/mol. The molecule has 144 valence electrons. The lowest BCUT2D eigenvalue weighted by Crippen LogP contribution is -2.21. The van der Waals surface area contributed by atoms with Gasteiger partial charge in [-0.15, -0.1) is 11.8 Å². The van der Waals surface area contributed by atoms with Crippen LogP contribution in [0.25, 0.3) is 0 Å². The first-order chi connectivity index (χ1) is 14.0. The van der Waals surface area contributed by atoms with Gasteiger partial charge in [-0.1, -0.05) is 24.3 Å². The number of thioether (sulfide) groups is 1. The Hall–Kier alpha value is -3.25. The summed E-state index contributed by atoms with van der Waals surface area (Å²) in [7, 11) is 0. The van der Waals surface area contributed by atoms with Crippen LogP contribution in [0.2, 0.25) is 0 Å². The molecule has 0 bridgehead atoms. The molecule has 29 heavy (non-hydrogen) atoms. The Morgan fingerprint density at radius 1 is 0.828 bits per heavy atom. The Bertz CT molecular complexity index is 1130. The summed E-state index contributed by atoms with van der Waals surface area (Å²) in [5.41, 5.74) is 1.90. The first-order valence-corrected chi connectivity index (χ1v) is 10.0. The summed E-state index contributed by atoms with van der Waals surface area (Å²) >= 11 is 1.46. The van der Waals surface area contributed by atoms with Crippen LogP contribution in [0.1, 0.15) is 38.3 Å². The van der Waals surface area contributed by atoms with Crippen LogP contribution in [0, 0.1) is 5.82 Å². The van der Waals surface area contributed by atoms with Crippen LogP contribution in [-0.2, 0) is 4.79 Å². The van der Waals surface area contributed by atoms with Crippen molar-refractivity contribution in [2.24, 2.45) is 0 Å². The van der Waals surface area contributed by atoms with Crippen molar-refractivity contribution in [3.8, 4) is 0 Å². The van der Waals surface area contributed by atoms with E-state index in [2.05, 4.69) is 5.32 Å². The molecule has 0 atom stereocenters. The average Bonchev–Trinajstić information content (AvgIpc) is 2.73. The number of carbonyl (C=O) groups is 3. The van der Waals surface area contributed by atoms with Gasteiger partial charge in [0.05, 0.1) is 0 Å². The van der Waals surface area contributed by atoms with Crippen LogP contribution >= 0.6 is 11.8 Å². The number of amides is 1. The molecule has 0 aliphatic heterocycles. The molecule has 0 saturated carbocycles. The molecule has 0 unspecified atom stereocenters. The summed E-state index contributed by atoms with van der Waals surface area (Å²) in [5.74, 6) is -0.376. The van der Waals surface area contributed by atoms with Gasteiger partial charge in [-0.3, -0.25) is 14.4 Å². The van der Waals surface area contributed by atoms with Gasteiger partial charge < -0.3 is 5.32 Å². The average molecular weight is 405 g/mol. The predicted molar refractivity (Wildman–Crippen MR) is 110 cm³/mol. The molecule has 1 N–H and O–H groups in total. The number of nitrogens with one attached hydrogen (secondary N) is 1. The van der Waals surface area contributed by atoms with Crippen molar-refractivity contribution in [1.29, 1.82) is 0 Å². The number of ketones is 2. The topological polar surface area (TPSA) is 63.2 Å². The molecule has 0 radical (unpaired) electrons. The second kappa shape index (κ2) is 8.01. The molecule has 1 amide bonds. The van der Waals surface area contributed by atoms with E-state index in [1.807, 2.05) is 0 Å². The first-order valence-electron chi connectivity index (χ1n) is 9.03. The van der Waals surface area contributed by atoms with Gasteiger partial charge in [-0.25, -0.2) is 4.39 Å². The van der Waals surface area contributed by atoms with Crippen LogP contribution < -0.4 is 5.32 Å². The molecular formula is C23H16FNO3S. The Morgan fingerprint density at radius 3 is 2.14 bits per heavy atom. The molecule has 3 aromatic carbocycles. The van der Waals surface area contributed by atoms with Crippen LogP contribution in [0.5, 0.6) is 0 Å². The fourth-order valence-corrected chi connectivity index (χ4v) is 4.04. The van der Waals surface area contributed by atoms with Gasteiger partial charge in [0.15, 0.2) is 11.6 Å². The molecule has 1 aliphatic carbocycles. The molecule has 0 aromatic heterocycles. The maximum absolute atomic E-state index is 12.9. The van der Waals surface area contributed by atoms with E-state index >= 15 is 0 Å². The molecule has 4 rings (SSSR count). The number of hydrogen-bond donors (Lipinski definition) is 1. The fraction of sp³-hybridized carbons (Fsp3) is 0.0870. The Labute approximate surface area is 171 Å². The van der Waals surface area contributed by atoms with Crippen molar-refractivity contribution in [3.05, 3.63) is 94.8 Å². The van der Waals surface area contributed by atoms with Crippen LogP contribution in [0.4, 0.5) is 10.1 Å². The summed E-state index contributed by atoms with van der Waals surface area (Å²) in [5, 5.41) is 2.77. The van der Waals surface area contributed by atoms with E-state index in [0.717, 1.165) is 4.90 Å². The first kappa shape index (κ1) is 19.1. The van der Waals surface area contributed by atoms with Crippen molar-refractivity contribution in [2.45, 2.75) is 11.3 Å². The second-order valence-corrected chi connectivity index (χ2v) is 7.73. The van der Waals surface area contributed by atoms with Crippen LogP contribution in [-0.4, -0.2) is 23.2 Å². The molecule has 4 nitrogen and oxygen atoms in total. The molecule has 0 heterocycles. The predicted octanol–water partition coefficient (Wildman–Crippen LogP) is 4.72. The summed E-state index contributed by atoms with van der Waals surface area (Å²) < 4.78 is 12.9. The lowest BCUT2D eigenvalue weighted by Gasteiger charge is -2.18.